The van der Waals surface area contributed by atoms with Gasteiger partial charge in [-0.25, -0.2) is 4.79 Å². The summed E-state index contributed by atoms with van der Waals surface area (Å²) in [5.41, 5.74) is 1.42. The van der Waals surface area contributed by atoms with Crippen molar-refractivity contribution in [3.8, 4) is 0 Å². The molecule has 24 heavy (non-hydrogen) atoms. The number of carboxylic acid groups (broad SMARTS) is 1. The molecule has 3 aromatic rings. The number of nitrogens with zero attached hydrogens (tertiary/aromatic N) is 1. The third-order valence-electron chi connectivity index (χ3n) is 4.89. The smallest absolute Gasteiger partial charge is 0.334 e. The third-order valence-corrected chi connectivity index (χ3v) is 4.89. The number of para-hydroxylation sites is 1. The highest BCUT2D eigenvalue weighted by Gasteiger charge is 2.48. The molecule has 2 N–H and O–H groups in total. The van der Waals surface area contributed by atoms with Crippen LogP contribution in [-0.4, -0.2) is 26.9 Å². The number of H-pyrrole nitrogens is 1. The van der Waals surface area contributed by atoms with Crippen LogP contribution in [-0.2, 0) is 16.9 Å². The molecule has 1 aliphatic heterocycles. The first-order valence-corrected chi connectivity index (χ1v) is 7.73. The molecule has 4 rings (SSSR count). The summed E-state index contributed by atoms with van der Waals surface area (Å²) in [6.07, 6.45) is 1.69. The second-order valence-corrected chi connectivity index (χ2v) is 6.17. The van der Waals surface area contributed by atoms with E-state index in [4.69, 9.17) is 0 Å². The summed E-state index contributed by atoms with van der Waals surface area (Å²) in [5, 5.41) is 10.8. The Kier molecular flexibility index (Phi) is 3.00. The number of carboxylic acids is 1. The fourth-order valence-corrected chi connectivity index (χ4v) is 3.47. The summed E-state index contributed by atoms with van der Waals surface area (Å²) < 4.78 is 0. The number of carbonyl (C=O) groups is 2. The minimum Gasteiger partial charge on any atom is -0.479 e. The highest BCUT2D eigenvalue weighted by molar-refractivity contribution is 6.03. The van der Waals surface area contributed by atoms with E-state index < -0.39 is 11.5 Å². The second-order valence-electron chi connectivity index (χ2n) is 6.17. The Labute approximate surface area is 138 Å². The number of hydrogen-bond donors (Lipinski definition) is 2. The lowest BCUT2D eigenvalue weighted by Crippen LogP contribution is -2.49. The van der Waals surface area contributed by atoms with Crippen LogP contribution >= 0.6 is 0 Å². The van der Waals surface area contributed by atoms with Crippen molar-refractivity contribution in [1.82, 2.24) is 9.88 Å². The number of benzene rings is 2. The monoisotopic (exact) mass is 320 g/mol. The lowest BCUT2D eigenvalue weighted by molar-refractivity contribution is -0.149. The maximum absolute atomic E-state index is 12.8. The molecular formula is C19H16N2O3. The average Bonchev–Trinajstić information content (AvgIpc) is 3.16. The molecule has 0 radical (unpaired) electrons. The highest BCUT2D eigenvalue weighted by Crippen LogP contribution is 2.39. The Morgan fingerprint density at radius 3 is 2.62 bits per heavy atom. The fourth-order valence-electron chi connectivity index (χ4n) is 3.47. The van der Waals surface area contributed by atoms with Crippen molar-refractivity contribution in [2.24, 2.45) is 0 Å². The van der Waals surface area contributed by atoms with Crippen LogP contribution in [0, 0.1) is 0 Å². The molecule has 0 saturated heterocycles. The summed E-state index contributed by atoms with van der Waals surface area (Å²) in [5.74, 6) is -1.30. The average molecular weight is 320 g/mol. The summed E-state index contributed by atoms with van der Waals surface area (Å²) in [6, 6.07) is 14.8. The summed E-state index contributed by atoms with van der Waals surface area (Å²) in [4.78, 5) is 29.6. The molecule has 1 atom stereocenters. The predicted molar refractivity (Wildman–Crippen MR) is 89.6 cm³/mol. The lowest BCUT2D eigenvalue weighted by Gasteiger charge is -2.34. The molecule has 1 aromatic heterocycles. The van der Waals surface area contributed by atoms with Crippen LogP contribution < -0.4 is 0 Å². The van der Waals surface area contributed by atoms with E-state index in [1.165, 1.54) is 4.90 Å². The number of hydrogen-bond acceptors (Lipinski definition) is 2. The van der Waals surface area contributed by atoms with Crippen LogP contribution in [0.15, 0.2) is 54.7 Å². The molecule has 5 nitrogen and oxygen atoms in total. The summed E-state index contributed by atoms with van der Waals surface area (Å²) in [7, 11) is 0. The molecule has 0 fully saturated rings. The van der Waals surface area contributed by atoms with Gasteiger partial charge in [-0.1, -0.05) is 36.4 Å². The van der Waals surface area contributed by atoms with Crippen molar-refractivity contribution in [1.29, 1.82) is 0 Å². The SMILES string of the molecule is C[C@@](C(=O)O)(c1c[nH]c2ccccc12)N1Cc2ccccc2C1=O. The number of nitrogens with one attached hydrogen (secondary N) is 1. The molecule has 5 heteroatoms. The molecule has 120 valence electrons. The molecule has 1 aliphatic rings. The number of aromatic amines is 1. The van der Waals surface area contributed by atoms with Gasteiger partial charge in [0.15, 0.2) is 5.54 Å². The van der Waals surface area contributed by atoms with Crippen molar-refractivity contribution in [3.05, 3.63) is 71.4 Å². The van der Waals surface area contributed by atoms with Gasteiger partial charge in [0.2, 0.25) is 0 Å². The van der Waals surface area contributed by atoms with Crippen LogP contribution in [0.2, 0.25) is 0 Å². The second kappa shape index (κ2) is 4.96. The topological polar surface area (TPSA) is 73.4 Å². The van der Waals surface area contributed by atoms with Gasteiger partial charge in [-0.2, -0.15) is 0 Å². The highest BCUT2D eigenvalue weighted by atomic mass is 16.4. The molecule has 0 aliphatic carbocycles. The van der Waals surface area contributed by atoms with E-state index in [9.17, 15) is 14.7 Å². The number of fused-ring (bicyclic) bond motifs is 2. The molecular weight excluding hydrogens is 304 g/mol. The molecule has 2 aromatic carbocycles. The van der Waals surface area contributed by atoms with Crippen LogP contribution in [0.4, 0.5) is 0 Å². The number of amides is 1. The Hall–Kier alpha value is -3.08. The van der Waals surface area contributed by atoms with Crippen molar-refractivity contribution >= 4 is 22.8 Å². The first kappa shape index (κ1) is 14.5. The summed E-state index contributed by atoms with van der Waals surface area (Å²) >= 11 is 0. The molecule has 0 spiro atoms. The molecule has 2 heterocycles. The van der Waals surface area contributed by atoms with Gasteiger partial charge in [0.05, 0.1) is 0 Å². The van der Waals surface area contributed by atoms with E-state index in [0.29, 0.717) is 11.1 Å². The number of carbonyl (C=O) groups excluding carboxylic acids is 1. The predicted octanol–water partition coefficient (Wildman–Crippen LogP) is 3.12. The van der Waals surface area contributed by atoms with E-state index in [-0.39, 0.29) is 12.5 Å². The molecule has 0 saturated carbocycles. The summed E-state index contributed by atoms with van der Waals surface area (Å²) in [6.45, 7) is 1.88. The first-order valence-electron chi connectivity index (χ1n) is 7.73. The third kappa shape index (κ3) is 1.81. The van der Waals surface area contributed by atoms with Gasteiger partial charge < -0.3 is 15.0 Å². The van der Waals surface area contributed by atoms with Crippen LogP contribution in [0.3, 0.4) is 0 Å². The first-order chi connectivity index (χ1) is 11.5. The van der Waals surface area contributed by atoms with Crippen molar-refractivity contribution in [3.63, 3.8) is 0 Å². The van der Waals surface area contributed by atoms with E-state index in [1.54, 1.807) is 25.3 Å². The Bertz CT molecular complexity index is 975. The van der Waals surface area contributed by atoms with Gasteiger partial charge in [-0.3, -0.25) is 4.79 Å². The molecule has 0 bridgehead atoms. The van der Waals surface area contributed by atoms with Gasteiger partial charge in [-0.15, -0.1) is 0 Å². The van der Waals surface area contributed by atoms with Crippen molar-refractivity contribution < 1.29 is 14.7 Å². The van der Waals surface area contributed by atoms with Gasteiger partial charge >= 0.3 is 5.97 Å². The zero-order valence-corrected chi connectivity index (χ0v) is 13.1. The van der Waals surface area contributed by atoms with Gasteiger partial charge in [-0.05, 0) is 24.6 Å². The zero-order chi connectivity index (χ0) is 16.9. The number of aliphatic carboxylic acids is 1. The van der Waals surface area contributed by atoms with Gasteiger partial charge in [0.1, 0.15) is 0 Å². The fraction of sp³-hybridized carbons (Fsp3) is 0.158. The lowest BCUT2D eigenvalue weighted by atomic mass is 9.89. The Morgan fingerprint density at radius 2 is 1.88 bits per heavy atom. The van der Waals surface area contributed by atoms with Crippen molar-refractivity contribution in [2.75, 3.05) is 0 Å². The Morgan fingerprint density at radius 1 is 1.17 bits per heavy atom. The van der Waals surface area contributed by atoms with Crippen LogP contribution in [0.1, 0.15) is 28.4 Å². The molecule has 0 unspecified atom stereocenters. The maximum atomic E-state index is 12.8. The van der Waals surface area contributed by atoms with Crippen LogP contribution in [0.25, 0.3) is 10.9 Å². The molecule has 1 amide bonds. The van der Waals surface area contributed by atoms with Crippen LogP contribution in [0.5, 0.6) is 0 Å². The minimum atomic E-state index is -1.45. The normalized spacial score (nSPS) is 16.2. The number of rotatable bonds is 3. The van der Waals surface area contributed by atoms with E-state index in [0.717, 1.165) is 16.5 Å². The zero-order valence-electron chi connectivity index (χ0n) is 13.1. The van der Waals surface area contributed by atoms with E-state index in [2.05, 4.69) is 4.98 Å². The quantitative estimate of drug-likeness (QED) is 0.778. The van der Waals surface area contributed by atoms with E-state index >= 15 is 0 Å². The minimum absolute atomic E-state index is 0.249. The van der Waals surface area contributed by atoms with Gasteiger partial charge in [0.25, 0.3) is 5.91 Å². The largest absolute Gasteiger partial charge is 0.479 e. The van der Waals surface area contributed by atoms with E-state index in [1.807, 2.05) is 36.4 Å². The van der Waals surface area contributed by atoms with Crippen molar-refractivity contribution in [2.45, 2.75) is 19.0 Å². The maximum Gasteiger partial charge on any atom is 0.334 e. The standard InChI is InChI=1S/C19H16N2O3/c1-19(18(23)24,15-10-20-16-9-5-4-8-14(15)16)21-11-12-6-2-3-7-13(12)17(21)22/h2-10,20H,11H2,1H3,(H,23,24)/t19-/m0/s1. The Balaban J connectivity index is 1.89. The van der Waals surface area contributed by atoms with Gasteiger partial charge in [0, 0.05) is 34.8 Å². The number of aromatic nitrogens is 1.